The van der Waals surface area contributed by atoms with E-state index in [0.29, 0.717) is 37.2 Å². The molecule has 0 unspecified atom stereocenters. The molecule has 1 saturated heterocycles. The molecular weight excluding hydrogens is 472 g/mol. The van der Waals surface area contributed by atoms with Crippen molar-refractivity contribution in [2.75, 3.05) is 19.7 Å². The third-order valence-electron chi connectivity index (χ3n) is 7.16. The van der Waals surface area contributed by atoms with Crippen molar-refractivity contribution in [1.29, 1.82) is 0 Å². The molecular formula is C25H27ClN4O3S. The molecule has 6 rings (SSSR count). The lowest BCUT2D eigenvalue weighted by Gasteiger charge is -2.32. The second kappa shape index (κ2) is 8.37. The molecule has 0 aliphatic carbocycles. The molecule has 0 radical (unpaired) electrons. The van der Waals surface area contributed by atoms with Crippen LogP contribution < -0.4 is 4.74 Å². The predicted molar refractivity (Wildman–Crippen MR) is 131 cm³/mol. The fraction of sp³-hybridized carbons (Fsp3) is 0.400. The Morgan fingerprint density at radius 3 is 2.56 bits per heavy atom. The molecule has 3 aromatic rings. The van der Waals surface area contributed by atoms with Gasteiger partial charge >= 0.3 is 0 Å². The molecule has 7 nitrogen and oxygen atoms in total. The second-order valence-electron chi connectivity index (χ2n) is 9.41. The molecule has 0 bridgehead atoms. The summed E-state index contributed by atoms with van der Waals surface area (Å²) in [5.41, 5.74) is 5.61. The standard InChI is InChI=1S/C25H27ClN4O3S/c1-17-9-12-28(13-10-17)34(31,32)29-15-21-22(16-29)27-30(24(21)18-5-7-20(26)8-6-18)23-4-2-3-19-11-14-33-25(19)23/h2-8,17H,9-16H2,1H3. The van der Waals surface area contributed by atoms with E-state index in [2.05, 4.69) is 13.0 Å². The lowest BCUT2D eigenvalue weighted by molar-refractivity contribution is 0.264. The molecule has 4 heterocycles. The normalized spacial score (nSPS) is 19.2. The molecule has 1 aromatic heterocycles. The largest absolute Gasteiger partial charge is 0.491 e. The van der Waals surface area contributed by atoms with E-state index in [1.165, 1.54) is 5.56 Å². The van der Waals surface area contributed by atoms with Gasteiger partial charge in [-0.25, -0.2) is 4.68 Å². The maximum Gasteiger partial charge on any atom is 0.282 e. The Balaban J connectivity index is 1.42. The number of aromatic nitrogens is 2. The van der Waals surface area contributed by atoms with Crippen LogP contribution in [0.1, 0.15) is 36.6 Å². The summed E-state index contributed by atoms with van der Waals surface area (Å²) in [5.74, 6) is 1.42. The van der Waals surface area contributed by atoms with E-state index in [1.807, 2.05) is 41.1 Å². The highest BCUT2D eigenvalue weighted by Crippen LogP contribution is 2.40. The number of ether oxygens (including phenoxy) is 1. The molecule has 3 aliphatic rings. The summed E-state index contributed by atoms with van der Waals surface area (Å²) >= 11 is 6.17. The second-order valence-corrected chi connectivity index (χ2v) is 11.8. The summed E-state index contributed by atoms with van der Waals surface area (Å²) in [6.45, 7) is 4.57. The Kier molecular flexibility index (Phi) is 5.44. The number of benzene rings is 2. The highest BCUT2D eigenvalue weighted by Gasteiger charge is 2.39. The highest BCUT2D eigenvalue weighted by molar-refractivity contribution is 7.86. The van der Waals surface area contributed by atoms with Gasteiger partial charge in [0.05, 0.1) is 24.5 Å². The van der Waals surface area contributed by atoms with E-state index in [9.17, 15) is 8.42 Å². The minimum atomic E-state index is -3.54. The van der Waals surface area contributed by atoms with Crippen molar-refractivity contribution in [3.05, 3.63) is 64.3 Å². The van der Waals surface area contributed by atoms with Crippen LogP contribution in [0, 0.1) is 5.92 Å². The van der Waals surface area contributed by atoms with Crippen LogP contribution in [0.2, 0.25) is 5.02 Å². The van der Waals surface area contributed by atoms with Gasteiger partial charge in [0.1, 0.15) is 11.4 Å². The van der Waals surface area contributed by atoms with Crippen LogP contribution in [0.15, 0.2) is 42.5 Å². The minimum absolute atomic E-state index is 0.271. The summed E-state index contributed by atoms with van der Waals surface area (Å²) in [4.78, 5) is 0. The number of fused-ring (bicyclic) bond motifs is 2. The van der Waals surface area contributed by atoms with Gasteiger partial charge in [0, 0.05) is 42.2 Å². The fourth-order valence-corrected chi connectivity index (χ4v) is 6.88. The van der Waals surface area contributed by atoms with E-state index >= 15 is 0 Å². The van der Waals surface area contributed by atoms with Crippen molar-refractivity contribution in [3.8, 4) is 22.7 Å². The van der Waals surface area contributed by atoms with Gasteiger partial charge in [0.15, 0.2) is 0 Å². The zero-order valence-electron chi connectivity index (χ0n) is 19.1. The number of hydrogen-bond acceptors (Lipinski definition) is 4. The third kappa shape index (κ3) is 3.64. The van der Waals surface area contributed by atoms with Gasteiger partial charge in [-0.3, -0.25) is 0 Å². The van der Waals surface area contributed by atoms with Crippen molar-refractivity contribution in [2.45, 2.75) is 39.3 Å². The zero-order valence-corrected chi connectivity index (χ0v) is 20.6. The van der Waals surface area contributed by atoms with Gasteiger partial charge in [0.2, 0.25) is 0 Å². The average molecular weight is 499 g/mol. The topological polar surface area (TPSA) is 67.7 Å². The smallest absolute Gasteiger partial charge is 0.282 e. The van der Waals surface area contributed by atoms with Crippen LogP contribution >= 0.6 is 11.6 Å². The molecule has 9 heteroatoms. The molecule has 1 fully saturated rings. The summed E-state index contributed by atoms with van der Waals surface area (Å²) in [5, 5.41) is 5.59. The lowest BCUT2D eigenvalue weighted by atomic mass is 10.0. The van der Waals surface area contributed by atoms with Gasteiger partial charge in [-0.2, -0.15) is 22.1 Å². The Bertz CT molecular complexity index is 1350. The molecule has 2 aromatic carbocycles. The van der Waals surface area contributed by atoms with Crippen molar-refractivity contribution in [2.24, 2.45) is 5.92 Å². The number of hydrogen-bond donors (Lipinski definition) is 0. The van der Waals surface area contributed by atoms with Gasteiger partial charge in [-0.05, 0) is 42.5 Å². The Hall–Kier alpha value is -2.39. The first-order valence-electron chi connectivity index (χ1n) is 11.8. The van der Waals surface area contributed by atoms with E-state index < -0.39 is 10.2 Å². The van der Waals surface area contributed by atoms with Gasteiger partial charge in [0.25, 0.3) is 10.2 Å². The minimum Gasteiger partial charge on any atom is -0.491 e. The quantitative estimate of drug-likeness (QED) is 0.534. The Morgan fingerprint density at radius 2 is 1.79 bits per heavy atom. The van der Waals surface area contributed by atoms with Gasteiger partial charge < -0.3 is 4.74 Å². The van der Waals surface area contributed by atoms with Crippen LogP contribution in [0.3, 0.4) is 0 Å². The number of piperidine rings is 1. The maximum absolute atomic E-state index is 13.4. The summed E-state index contributed by atoms with van der Waals surface area (Å²) in [6.07, 6.45) is 2.68. The van der Waals surface area contributed by atoms with Crippen molar-refractivity contribution in [3.63, 3.8) is 0 Å². The Morgan fingerprint density at radius 1 is 1.03 bits per heavy atom. The van der Waals surface area contributed by atoms with Gasteiger partial charge in [-0.1, -0.05) is 42.8 Å². The molecule has 3 aliphatic heterocycles. The average Bonchev–Trinajstić information content (AvgIpc) is 3.54. The highest BCUT2D eigenvalue weighted by atomic mass is 35.5. The fourth-order valence-electron chi connectivity index (χ4n) is 5.17. The van der Waals surface area contributed by atoms with Crippen molar-refractivity contribution in [1.82, 2.24) is 18.4 Å². The predicted octanol–water partition coefficient (Wildman–Crippen LogP) is 4.42. The Labute approximate surface area is 205 Å². The first kappa shape index (κ1) is 22.1. The monoisotopic (exact) mass is 498 g/mol. The van der Waals surface area contributed by atoms with E-state index in [4.69, 9.17) is 21.4 Å². The summed E-state index contributed by atoms with van der Waals surface area (Å²) in [7, 11) is -3.54. The number of halogens is 1. The maximum atomic E-state index is 13.4. The molecule has 0 saturated carbocycles. The summed E-state index contributed by atoms with van der Waals surface area (Å²) < 4.78 is 38.0. The number of rotatable bonds is 4. The van der Waals surface area contributed by atoms with Gasteiger partial charge in [-0.15, -0.1) is 0 Å². The van der Waals surface area contributed by atoms with E-state index in [1.54, 1.807) is 8.61 Å². The van der Waals surface area contributed by atoms with Crippen LogP contribution in [-0.4, -0.2) is 46.5 Å². The number of nitrogens with zero attached hydrogens (tertiary/aromatic N) is 4. The van der Waals surface area contributed by atoms with Crippen LogP contribution in [0.4, 0.5) is 0 Å². The molecule has 178 valence electrons. The van der Waals surface area contributed by atoms with E-state index in [-0.39, 0.29) is 6.54 Å². The lowest BCUT2D eigenvalue weighted by Crippen LogP contribution is -2.45. The van der Waals surface area contributed by atoms with Crippen LogP contribution in [0.25, 0.3) is 16.9 Å². The summed E-state index contributed by atoms with van der Waals surface area (Å²) in [6, 6.07) is 13.7. The SMILES string of the molecule is CC1CCN(S(=O)(=O)N2Cc3nn(-c4cccc5c4OCC5)c(-c4ccc(Cl)cc4)c3C2)CC1. The van der Waals surface area contributed by atoms with Crippen LogP contribution in [0.5, 0.6) is 5.75 Å². The van der Waals surface area contributed by atoms with Crippen molar-refractivity contribution >= 4 is 21.8 Å². The zero-order chi connectivity index (χ0) is 23.4. The van der Waals surface area contributed by atoms with Crippen molar-refractivity contribution < 1.29 is 13.2 Å². The number of para-hydroxylation sites is 1. The molecule has 0 atom stereocenters. The molecule has 0 spiro atoms. The van der Waals surface area contributed by atoms with E-state index in [0.717, 1.165) is 53.2 Å². The van der Waals surface area contributed by atoms with Crippen LogP contribution in [-0.2, 0) is 29.7 Å². The first-order valence-corrected chi connectivity index (χ1v) is 13.6. The molecule has 0 N–H and O–H groups in total. The third-order valence-corrected chi connectivity index (χ3v) is 9.34. The first-order chi connectivity index (χ1) is 16.4. The molecule has 34 heavy (non-hydrogen) atoms. The molecule has 0 amide bonds.